The van der Waals surface area contributed by atoms with Crippen molar-refractivity contribution in [1.29, 1.82) is 0 Å². The molecule has 85 heavy (non-hydrogen) atoms. The van der Waals surface area contributed by atoms with E-state index in [1.54, 1.807) is 31.2 Å². The molecular weight excluding hydrogens is 1060 g/mol. The maximum absolute atomic E-state index is 11.6. The second kappa shape index (κ2) is 55.1. The van der Waals surface area contributed by atoms with Gasteiger partial charge in [0.15, 0.2) is 11.4 Å². The number of pyridine rings is 1. The lowest BCUT2D eigenvalue weighted by Gasteiger charge is -2.23. The molecule has 0 saturated carbocycles. The molecule has 488 valence electrons. The number of carboxylic acid groups (broad SMARTS) is 1. The first-order valence-corrected chi connectivity index (χ1v) is 37.8. The largest absolute Gasteiger partial charge is 0.477 e. The smallest absolute Gasteiger partial charge is 0.341 e. The molecule has 1 N–H and O–H groups in total. The van der Waals surface area contributed by atoms with Gasteiger partial charge in [-0.15, -0.1) is 0 Å². The van der Waals surface area contributed by atoms with Crippen LogP contribution < -0.4 is 10.00 Å². The van der Waals surface area contributed by atoms with Crippen LogP contribution in [0.4, 0.5) is 0 Å². The predicted molar refractivity (Wildman–Crippen MR) is 372 cm³/mol. The van der Waals surface area contributed by atoms with E-state index in [4.69, 9.17) is 16.7 Å². The second-order valence-electron chi connectivity index (χ2n) is 26.0. The number of carbonyl (C=O) groups is 1. The van der Waals surface area contributed by atoms with Crippen molar-refractivity contribution >= 4 is 17.6 Å². The molecule has 0 atom stereocenters. The molecule has 0 aliphatic carbocycles. The average Bonchev–Trinajstić information content (AvgIpc) is 1.75. The lowest BCUT2D eigenvalue weighted by Crippen LogP contribution is -2.46. The molecule has 2 aromatic heterocycles. The standard InChI is InChI=1S/C65H126N.C13H11ClN2O3/c1-7-13-19-25-31-37-43-49-55-61-62(56-50-44-38-32-26-20-14-8-2)64(58-52-46-40-34-28-22-16-10-4)66(60-54-48-42-36-30-24-18-12-6)65(59-53-47-41-35-29-23-17-11-5)63(61)57-51-45-39-33-27-21-15-9-3;1-2-10-12(13(18)19)11(17)7-15-16(10)9-5-3-8(14)4-6-9/h7-60H2,1-6H3;3-7H,2H2,1H3,(H,18,19)/q+1;. The first kappa shape index (κ1) is 78.1. The summed E-state index contributed by atoms with van der Waals surface area (Å²) in [6.45, 7) is 17.2. The Morgan fingerprint density at radius 3 is 0.988 bits per heavy atom. The molecule has 7 heteroatoms. The highest BCUT2D eigenvalue weighted by Gasteiger charge is 2.29. The molecule has 0 aliphatic rings. The number of nitrogens with zero attached hydrogens (tertiary/aromatic N) is 3. The molecule has 0 unspecified atom stereocenters. The van der Waals surface area contributed by atoms with Crippen molar-refractivity contribution < 1.29 is 14.5 Å². The van der Waals surface area contributed by atoms with Gasteiger partial charge in [0, 0.05) is 35.4 Å². The maximum atomic E-state index is 11.6. The van der Waals surface area contributed by atoms with Crippen molar-refractivity contribution in [2.24, 2.45) is 0 Å². The molecule has 0 radical (unpaired) electrons. The summed E-state index contributed by atoms with van der Waals surface area (Å²) in [6.07, 6.45) is 76.7. The topological polar surface area (TPSA) is 76.1 Å². The number of hydrogen-bond acceptors (Lipinski definition) is 3. The van der Waals surface area contributed by atoms with Crippen LogP contribution in [-0.2, 0) is 45.1 Å². The van der Waals surface area contributed by atoms with E-state index in [1.807, 2.05) is 28.1 Å². The van der Waals surface area contributed by atoms with Gasteiger partial charge in [-0.3, -0.25) is 4.79 Å². The quantitative estimate of drug-likeness (QED) is 0.0451. The molecule has 0 aliphatic heterocycles. The first-order valence-electron chi connectivity index (χ1n) is 37.4. The number of carboxylic acids is 1. The summed E-state index contributed by atoms with van der Waals surface area (Å²) in [5, 5.41) is 13.7. The van der Waals surface area contributed by atoms with Gasteiger partial charge in [-0.05, 0) is 94.0 Å². The Balaban J connectivity index is 0.00000108. The van der Waals surface area contributed by atoms with E-state index >= 15 is 0 Å². The van der Waals surface area contributed by atoms with E-state index in [1.165, 1.54) is 352 Å². The van der Waals surface area contributed by atoms with Crippen LogP contribution in [0.1, 0.15) is 401 Å². The third kappa shape index (κ3) is 36.3. The monoisotopic (exact) mass is 1200 g/mol. The molecule has 3 aromatic rings. The van der Waals surface area contributed by atoms with Crippen LogP contribution in [0.3, 0.4) is 0 Å². The Bertz CT molecular complexity index is 1850. The molecule has 0 spiro atoms. The van der Waals surface area contributed by atoms with Gasteiger partial charge in [0.05, 0.1) is 17.6 Å². The van der Waals surface area contributed by atoms with E-state index in [9.17, 15) is 9.59 Å². The molecular formula is C78H137ClN3O3+. The van der Waals surface area contributed by atoms with Gasteiger partial charge in [0.2, 0.25) is 5.43 Å². The molecule has 3 rings (SSSR count). The normalized spacial score (nSPS) is 11.4. The zero-order valence-electron chi connectivity index (χ0n) is 57.3. The van der Waals surface area contributed by atoms with Gasteiger partial charge < -0.3 is 5.11 Å². The van der Waals surface area contributed by atoms with Crippen molar-refractivity contribution in [3.8, 4) is 5.69 Å². The first-order chi connectivity index (χ1) is 41.7. The third-order valence-electron chi connectivity index (χ3n) is 18.4. The van der Waals surface area contributed by atoms with Gasteiger partial charge in [0.1, 0.15) is 12.1 Å². The molecule has 0 saturated heterocycles. The number of hydrogen-bond donors (Lipinski definition) is 1. The molecule has 0 fully saturated rings. The number of benzene rings is 1. The van der Waals surface area contributed by atoms with Crippen LogP contribution in [0.2, 0.25) is 5.02 Å². The van der Waals surface area contributed by atoms with Crippen molar-refractivity contribution in [1.82, 2.24) is 9.78 Å². The van der Waals surface area contributed by atoms with Crippen molar-refractivity contribution in [2.45, 2.75) is 402 Å². The Kier molecular flexibility index (Phi) is 50.6. The number of unbranched alkanes of at least 4 members (excludes halogenated alkanes) is 42. The van der Waals surface area contributed by atoms with Gasteiger partial charge in [-0.1, -0.05) is 323 Å². The Morgan fingerprint density at radius 1 is 0.400 bits per heavy atom. The van der Waals surface area contributed by atoms with Gasteiger partial charge >= 0.3 is 5.97 Å². The second-order valence-corrected chi connectivity index (χ2v) is 26.4. The van der Waals surface area contributed by atoms with Crippen molar-refractivity contribution in [3.63, 3.8) is 0 Å². The van der Waals surface area contributed by atoms with E-state index < -0.39 is 11.4 Å². The fourth-order valence-corrected chi connectivity index (χ4v) is 13.3. The third-order valence-corrected chi connectivity index (χ3v) is 18.6. The highest BCUT2D eigenvalue weighted by atomic mass is 35.5. The fourth-order valence-electron chi connectivity index (χ4n) is 13.2. The van der Waals surface area contributed by atoms with Gasteiger partial charge in [0.25, 0.3) is 0 Å². The maximum Gasteiger partial charge on any atom is 0.341 e. The number of halogens is 1. The molecule has 6 nitrogen and oxygen atoms in total. The zero-order valence-corrected chi connectivity index (χ0v) is 58.0. The summed E-state index contributed by atoms with van der Waals surface area (Å²) in [5.41, 5.74) is 9.63. The number of rotatable bonds is 57. The summed E-state index contributed by atoms with van der Waals surface area (Å²) in [6, 6.07) is 6.78. The summed E-state index contributed by atoms with van der Waals surface area (Å²) in [4.78, 5) is 22.8. The number of aromatic nitrogens is 3. The van der Waals surface area contributed by atoms with Gasteiger partial charge in [-0.25, -0.2) is 9.48 Å². The summed E-state index contributed by atoms with van der Waals surface area (Å²) < 4.78 is 4.57. The van der Waals surface area contributed by atoms with Crippen LogP contribution >= 0.6 is 11.6 Å². The summed E-state index contributed by atoms with van der Waals surface area (Å²) >= 11 is 5.81. The number of aromatic carboxylic acids is 1. The summed E-state index contributed by atoms with van der Waals surface area (Å²) in [7, 11) is 0. The molecule has 0 bridgehead atoms. The van der Waals surface area contributed by atoms with E-state index in [0.29, 0.717) is 22.8 Å². The lowest BCUT2D eigenvalue weighted by atomic mass is 9.85. The minimum absolute atomic E-state index is 0.243. The van der Waals surface area contributed by atoms with Gasteiger partial charge in [-0.2, -0.15) is 9.67 Å². The molecule has 2 heterocycles. The Labute approximate surface area is 531 Å². The minimum Gasteiger partial charge on any atom is -0.477 e. The molecule has 0 amide bonds. The fraction of sp³-hybridized carbons (Fsp3) is 0.795. The Hall–Kier alpha value is -2.99. The van der Waals surface area contributed by atoms with Crippen LogP contribution in [-0.4, -0.2) is 20.9 Å². The van der Waals surface area contributed by atoms with E-state index in [2.05, 4.69) is 51.2 Å². The van der Waals surface area contributed by atoms with Crippen LogP contribution in [0.5, 0.6) is 0 Å². The minimum atomic E-state index is -1.24. The highest BCUT2D eigenvalue weighted by Crippen LogP contribution is 2.30. The lowest BCUT2D eigenvalue weighted by molar-refractivity contribution is -0.712. The van der Waals surface area contributed by atoms with Crippen LogP contribution in [0, 0.1) is 0 Å². The predicted octanol–water partition coefficient (Wildman–Crippen LogP) is 24.7. The van der Waals surface area contributed by atoms with Crippen molar-refractivity contribution in [3.05, 3.63) is 85.0 Å². The van der Waals surface area contributed by atoms with Crippen molar-refractivity contribution in [2.75, 3.05) is 0 Å². The van der Waals surface area contributed by atoms with Crippen LogP contribution in [0.25, 0.3) is 5.69 Å². The van der Waals surface area contributed by atoms with E-state index in [0.717, 1.165) is 6.20 Å². The zero-order chi connectivity index (χ0) is 61.6. The Morgan fingerprint density at radius 2 is 0.682 bits per heavy atom. The summed E-state index contributed by atoms with van der Waals surface area (Å²) in [5.74, 6) is -1.24. The average molecular weight is 1200 g/mol. The highest BCUT2D eigenvalue weighted by molar-refractivity contribution is 6.30. The van der Waals surface area contributed by atoms with Crippen LogP contribution in [0.15, 0.2) is 35.3 Å². The van der Waals surface area contributed by atoms with E-state index in [-0.39, 0.29) is 5.56 Å². The molecule has 1 aromatic carbocycles. The SMILES string of the molecule is CCCCCCCCCCc1c(CCCCCCCCCC)c(CCCCCCCCCC)[n+](CCCCCCCCCC)c(CCCCCCCCCC)c1CCCCCCCCCC.CCc1c(C(=O)O)c(=O)cnn1-c1ccc(Cl)cc1.